The molecule has 0 amide bonds. The van der Waals surface area contributed by atoms with E-state index >= 15 is 0 Å². The summed E-state index contributed by atoms with van der Waals surface area (Å²) in [4.78, 5) is 24.0. The Balaban J connectivity index is 1.97. The van der Waals surface area contributed by atoms with E-state index in [1.54, 1.807) is 4.90 Å². The van der Waals surface area contributed by atoms with Crippen molar-refractivity contribution in [2.24, 2.45) is 0 Å². The first-order valence-electron chi connectivity index (χ1n) is 6.41. The van der Waals surface area contributed by atoms with Crippen molar-refractivity contribution in [2.45, 2.75) is 26.1 Å². The van der Waals surface area contributed by atoms with Gasteiger partial charge in [0, 0.05) is 12.6 Å². The summed E-state index contributed by atoms with van der Waals surface area (Å²) in [6.07, 6.45) is -0.219. The summed E-state index contributed by atoms with van der Waals surface area (Å²) < 4.78 is 14.1. The molecule has 3 rings (SSSR count). The number of benzene rings is 1. The number of hydrogen-bond donors (Lipinski definition) is 0. The number of hydrogen-bond acceptors (Lipinski definition) is 3. The molecule has 0 saturated heterocycles. The highest BCUT2D eigenvalue weighted by Crippen LogP contribution is 2.31. The van der Waals surface area contributed by atoms with Crippen LogP contribution in [0.3, 0.4) is 0 Å². The molecule has 1 aliphatic heterocycles. The Hall–Kier alpha value is -1.97. The summed E-state index contributed by atoms with van der Waals surface area (Å²) in [6, 6.07) is 7.06. The van der Waals surface area contributed by atoms with E-state index < -0.39 is 17.0 Å². The number of rotatable bonds is 2. The van der Waals surface area contributed by atoms with Crippen molar-refractivity contribution in [1.29, 1.82) is 0 Å². The zero-order chi connectivity index (χ0) is 13.6. The van der Waals surface area contributed by atoms with E-state index in [-0.39, 0.29) is 6.54 Å². The van der Waals surface area contributed by atoms with Crippen LogP contribution in [0.4, 0.5) is 10.1 Å². The van der Waals surface area contributed by atoms with Crippen LogP contribution in [0.1, 0.15) is 29.8 Å². The van der Waals surface area contributed by atoms with E-state index in [4.69, 9.17) is 0 Å². The van der Waals surface area contributed by atoms with E-state index in [1.807, 2.05) is 25.1 Å². The van der Waals surface area contributed by atoms with Gasteiger partial charge in [0.1, 0.15) is 6.17 Å². The molecule has 1 heterocycles. The summed E-state index contributed by atoms with van der Waals surface area (Å²) >= 11 is 0. The highest BCUT2D eigenvalue weighted by atomic mass is 19.1. The minimum Gasteiger partial charge on any atom is -0.361 e. The molecule has 2 aromatic carbocycles. The first-order valence-corrected chi connectivity index (χ1v) is 6.41. The molecule has 19 heavy (non-hydrogen) atoms. The summed E-state index contributed by atoms with van der Waals surface area (Å²) in [5, 5.41) is 0. The third-order valence-corrected chi connectivity index (χ3v) is 3.76. The first kappa shape index (κ1) is 12.1. The van der Waals surface area contributed by atoms with Gasteiger partial charge in [-0.05, 0) is 23.1 Å². The van der Waals surface area contributed by atoms with Crippen molar-refractivity contribution in [3.8, 4) is 0 Å². The maximum atomic E-state index is 14.1. The topological polar surface area (TPSA) is 37.4 Å². The molecule has 4 heteroatoms. The fourth-order valence-corrected chi connectivity index (χ4v) is 2.61. The number of fused-ring (bicyclic) bond motifs is 1. The maximum absolute atomic E-state index is 14.1. The SMILES string of the molecule is CCc1ccc2c(c1)CN(c1cc(=O)c1=O)CC2F. The second-order valence-electron chi connectivity index (χ2n) is 4.96. The van der Waals surface area contributed by atoms with Crippen LogP contribution < -0.4 is 15.8 Å². The zero-order valence-electron chi connectivity index (χ0n) is 10.6. The van der Waals surface area contributed by atoms with Crippen LogP contribution >= 0.6 is 0 Å². The number of halogens is 1. The van der Waals surface area contributed by atoms with Crippen molar-refractivity contribution >= 4 is 5.69 Å². The average Bonchev–Trinajstić information content (AvgIpc) is 2.43. The molecule has 1 aliphatic rings. The van der Waals surface area contributed by atoms with Crippen LogP contribution in [-0.2, 0) is 13.0 Å². The van der Waals surface area contributed by atoms with Gasteiger partial charge in [0.05, 0.1) is 12.2 Å². The standard InChI is InChI=1S/C15H14FNO2/c1-2-9-3-4-11-10(5-9)7-17(8-12(11)16)13-6-14(18)15(13)19/h3-6,12H,2,7-8H2,1H3. The maximum Gasteiger partial charge on any atom is 0.249 e. The largest absolute Gasteiger partial charge is 0.361 e. The molecule has 0 N–H and O–H groups in total. The normalized spacial score (nSPS) is 18.6. The summed E-state index contributed by atoms with van der Waals surface area (Å²) in [5.41, 5.74) is 2.12. The summed E-state index contributed by atoms with van der Waals surface area (Å²) in [6.45, 7) is 2.68. The van der Waals surface area contributed by atoms with Crippen molar-refractivity contribution < 1.29 is 4.39 Å². The Morgan fingerprint density at radius 3 is 2.74 bits per heavy atom. The Labute approximate surface area is 110 Å². The zero-order valence-corrected chi connectivity index (χ0v) is 10.6. The minimum atomic E-state index is -1.11. The van der Waals surface area contributed by atoms with E-state index in [2.05, 4.69) is 0 Å². The van der Waals surface area contributed by atoms with Gasteiger partial charge in [-0.15, -0.1) is 0 Å². The first-order chi connectivity index (χ1) is 9.10. The summed E-state index contributed by atoms with van der Waals surface area (Å²) in [7, 11) is 0. The number of anilines is 1. The third-order valence-electron chi connectivity index (χ3n) is 3.76. The van der Waals surface area contributed by atoms with Crippen molar-refractivity contribution in [3.63, 3.8) is 0 Å². The lowest BCUT2D eigenvalue weighted by atomic mass is 9.94. The second kappa shape index (κ2) is 4.30. The number of alkyl halides is 1. The van der Waals surface area contributed by atoms with Gasteiger partial charge in [-0.3, -0.25) is 9.59 Å². The molecule has 0 radical (unpaired) electrons. The molecule has 0 spiro atoms. The lowest BCUT2D eigenvalue weighted by molar-refractivity contribution is 0.329. The van der Waals surface area contributed by atoms with E-state index in [9.17, 15) is 14.0 Å². The van der Waals surface area contributed by atoms with E-state index in [0.717, 1.165) is 17.5 Å². The van der Waals surface area contributed by atoms with Crippen LogP contribution in [0.2, 0.25) is 0 Å². The molecule has 0 aromatic heterocycles. The molecule has 2 aromatic rings. The van der Waals surface area contributed by atoms with Crippen LogP contribution in [-0.4, -0.2) is 6.54 Å². The summed E-state index contributed by atoms with van der Waals surface area (Å²) in [5.74, 6) is 0. The van der Waals surface area contributed by atoms with Gasteiger partial charge in [-0.25, -0.2) is 4.39 Å². The van der Waals surface area contributed by atoms with Crippen molar-refractivity contribution in [2.75, 3.05) is 11.4 Å². The van der Waals surface area contributed by atoms with E-state index in [1.165, 1.54) is 6.07 Å². The van der Waals surface area contributed by atoms with Crippen LogP contribution in [0, 0.1) is 0 Å². The number of nitrogens with zero attached hydrogens (tertiary/aromatic N) is 1. The highest BCUT2D eigenvalue weighted by molar-refractivity contribution is 5.53. The van der Waals surface area contributed by atoms with Gasteiger partial charge in [0.15, 0.2) is 0 Å². The third kappa shape index (κ3) is 1.87. The molecular formula is C15H14FNO2. The Morgan fingerprint density at radius 2 is 2.11 bits per heavy atom. The molecule has 0 saturated carbocycles. The van der Waals surface area contributed by atoms with Gasteiger partial charge in [-0.1, -0.05) is 25.1 Å². The van der Waals surface area contributed by atoms with Gasteiger partial charge >= 0.3 is 0 Å². The molecule has 0 bridgehead atoms. The Morgan fingerprint density at radius 1 is 1.32 bits per heavy atom. The molecule has 98 valence electrons. The van der Waals surface area contributed by atoms with Gasteiger partial charge in [0.2, 0.25) is 10.9 Å². The minimum absolute atomic E-state index is 0.142. The van der Waals surface area contributed by atoms with Crippen molar-refractivity contribution in [3.05, 3.63) is 61.4 Å². The predicted molar refractivity (Wildman–Crippen MR) is 72.1 cm³/mol. The Kier molecular flexibility index (Phi) is 2.73. The average molecular weight is 259 g/mol. The van der Waals surface area contributed by atoms with Crippen molar-refractivity contribution in [1.82, 2.24) is 0 Å². The van der Waals surface area contributed by atoms with Crippen LogP contribution in [0.5, 0.6) is 0 Å². The molecular weight excluding hydrogens is 245 g/mol. The molecule has 0 aliphatic carbocycles. The molecule has 1 atom stereocenters. The van der Waals surface area contributed by atoms with Crippen LogP contribution in [0.15, 0.2) is 33.9 Å². The van der Waals surface area contributed by atoms with E-state index in [0.29, 0.717) is 17.8 Å². The molecule has 1 unspecified atom stereocenters. The number of aryl methyl sites for hydroxylation is 1. The predicted octanol–water partition coefficient (Wildman–Crippen LogP) is 1.88. The van der Waals surface area contributed by atoms with Gasteiger partial charge in [0.25, 0.3) is 0 Å². The highest BCUT2D eigenvalue weighted by Gasteiger charge is 2.28. The fraction of sp³-hybridized carbons (Fsp3) is 0.333. The van der Waals surface area contributed by atoms with Gasteiger partial charge < -0.3 is 4.90 Å². The molecule has 0 fully saturated rings. The lowest BCUT2D eigenvalue weighted by Crippen LogP contribution is -2.42. The lowest BCUT2D eigenvalue weighted by Gasteiger charge is -2.33. The quantitative estimate of drug-likeness (QED) is 0.773. The van der Waals surface area contributed by atoms with Crippen LogP contribution in [0.25, 0.3) is 0 Å². The Bertz CT molecular complexity index is 700. The fourth-order valence-electron chi connectivity index (χ4n) is 2.61. The monoisotopic (exact) mass is 259 g/mol. The smallest absolute Gasteiger partial charge is 0.249 e. The molecule has 3 nitrogen and oxygen atoms in total. The van der Waals surface area contributed by atoms with Gasteiger partial charge in [-0.2, -0.15) is 0 Å². The second-order valence-corrected chi connectivity index (χ2v) is 4.96.